The third-order valence-corrected chi connectivity index (χ3v) is 5.06. The van der Waals surface area contributed by atoms with E-state index in [9.17, 15) is 13.2 Å². The van der Waals surface area contributed by atoms with Gasteiger partial charge in [0.25, 0.3) is 5.91 Å². The maximum Gasteiger partial charge on any atom is 0.251 e. The van der Waals surface area contributed by atoms with Crippen LogP contribution < -0.4 is 10.0 Å². The Labute approximate surface area is 151 Å². The molecule has 0 aliphatic rings. The van der Waals surface area contributed by atoms with Crippen LogP contribution in [-0.4, -0.2) is 19.3 Å². The summed E-state index contributed by atoms with van der Waals surface area (Å²) in [7, 11) is -3.68. The highest BCUT2D eigenvalue weighted by Crippen LogP contribution is 2.12. The topological polar surface area (TPSA) is 101 Å². The number of hydrogen-bond acceptors (Lipinski definition) is 5. The van der Waals surface area contributed by atoms with Crippen molar-refractivity contribution < 1.29 is 17.6 Å². The zero-order valence-electron chi connectivity index (χ0n) is 13.8. The fourth-order valence-electron chi connectivity index (χ4n) is 2.23. The Morgan fingerprint density at radius 2 is 1.73 bits per heavy atom. The van der Waals surface area contributed by atoms with Crippen molar-refractivity contribution in [3.05, 3.63) is 84.1 Å². The predicted octanol–water partition coefficient (Wildman–Crippen LogP) is 2.08. The molecule has 2 heterocycles. The molecule has 0 aliphatic carbocycles. The Bertz CT molecular complexity index is 953. The van der Waals surface area contributed by atoms with Crippen LogP contribution in [0.5, 0.6) is 0 Å². The molecule has 1 amide bonds. The van der Waals surface area contributed by atoms with Gasteiger partial charge in [0.1, 0.15) is 5.76 Å². The van der Waals surface area contributed by atoms with Gasteiger partial charge in [-0.25, -0.2) is 13.1 Å². The summed E-state index contributed by atoms with van der Waals surface area (Å²) in [6, 6.07) is 12.7. The first-order valence-electron chi connectivity index (χ1n) is 7.84. The van der Waals surface area contributed by atoms with E-state index >= 15 is 0 Å². The van der Waals surface area contributed by atoms with Gasteiger partial charge in [0.2, 0.25) is 10.0 Å². The quantitative estimate of drug-likeness (QED) is 0.662. The predicted molar refractivity (Wildman–Crippen MR) is 94.6 cm³/mol. The van der Waals surface area contributed by atoms with Gasteiger partial charge in [-0.1, -0.05) is 0 Å². The minimum Gasteiger partial charge on any atom is -0.468 e. The van der Waals surface area contributed by atoms with E-state index in [0.717, 1.165) is 5.56 Å². The number of pyridine rings is 1. The lowest BCUT2D eigenvalue weighted by Gasteiger charge is -2.08. The molecule has 26 heavy (non-hydrogen) atoms. The molecule has 0 unspecified atom stereocenters. The van der Waals surface area contributed by atoms with Crippen LogP contribution in [0.3, 0.4) is 0 Å². The van der Waals surface area contributed by atoms with Crippen LogP contribution in [0.1, 0.15) is 21.7 Å². The highest BCUT2D eigenvalue weighted by Gasteiger charge is 2.15. The van der Waals surface area contributed by atoms with Gasteiger partial charge >= 0.3 is 0 Å². The van der Waals surface area contributed by atoms with E-state index < -0.39 is 10.0 Å². The molecule has 1 aromatic carbocycles. The van der Waals surface area contributed by atoms with Crippen LogP contribution in [0.4, 0.5) is 0 Å². The van der Waals surface area contributed by atoms with Gasteiger partial charge < -0.3 is 9.73 Å². The fraction of sp³-hybridized carbons (Fsp3) is 0.111. The van der Waals surface area contributed by atoms with E-state index in [0.29, 0.717) is 17.9 Å². The Morgan fingerprint density at radius 1 is 1.00 bits per heavy atom. The number of sulfonamides is 1. The molecule has 0 atom stereocenters. The van der Waals surface area contributed by atoms with E-state index in [1.165, 1.54) is 30.5 Å². The van der Waals surface area contributed by atoms with Gasteiger partial charge in [0.05, 0.1) is 17.7 Å². The Balaban J connectivity index is 1.61. The van der Waals surface area contributed by atoms with Crippen molar-refractivity contribution >= 4 is 15.9 Å². The Morgan fingerprint density at radius 3 is 2.38 bits per heavy atom. The second-order valence-corrected chi connectivity index (χ2v) is 7.23. The monoisotopic (exact) mass is 371 g/mol. The van der Waals surface area contributed by atoms with Crippen LogP contribution in [0.2, 0.25) is 0 Å². The molecule has 0 spiro atoms. The number of nitrogens with zero attached hydrogens (tertiary/aromatic N) is 1. The molecule has 0 saturated heterocycles. The summed E-state index contributed by atoms with van der Waals surface area (Å²) in [4.78, 5) is 16.1. The summed E-state index contributed by atoms with van der Waals surface area (Å²) in [5.74, 6) is 0.231. The Hall–Kier alpha value is -2.97. The van der Waals surface area contributed by atoms with Crippen molar-refractivity contribution in [1.82, 2.24) is 15.0 Å². The average molecular weight is 371 g/mol. The summed E-state index contributed by atoms with van der Waals surface area (Å²) in [5, 5.41) is 2.77. The molecule has 0 fully saturated rings. The van der Waals surface area contributed by atoms with Crippen molar-refractivity contribution in [2.24, 2.45) is 0 Å². The summed E-state index contributed by atoms with van der Waals surface area (Å²) >= 11 is 0. The molecule has 134 valence electrons. The number of hydrogen-bond donors (Lipinski definition) is 2. The van der Waals surface area contributed by atoms with Crippen LogP contribution in [0, 0.1) is 0 Å². The molecular formula is C18H17N3O4S. The van der Waals surface area contributed by atoms with Gasteiger partial charge in [-0.15, -0.1) is 0 Å². The van der Waals surface area contributed by atoms with E-state index in [1.54, 1.807) is 36.7 Å². The van der Waals surface area contributed by atoms with E-state index in [1.807, 2.05) is 0 Å². The number of carbonyl (C=O) groups is 1. The number of furan rings is 1. The van der Waals surface area contributed by atoms with Crippen molar-refractivity contribution in [1.29, 1.82) is 0 Å². The third-order valence-electron chi connectivity index (χ3n) is 3.65. The number of aromatic nitrogens is 1. The van der Waals surface area contributed by atoms with Crippen LogP contribution in [0.25, 0.3) is 0 Å². The largest absolute Gasteiger partial charge is 0.468 e. The molecule has 3 rings (SSSR count). The van der Waals surface area contributed by atoms with Crippen molar-refractivity contribution in [2.75, 3.05) is 0 Å². The molecule has 2 N–H and O–H groups in total. The first-order chi connectivity index (χ1) is 12.5. The van der Waals surface area contributed by atoms with E-state index in [4.69, 9.17) is 4.42 Å². The van der Waals surface area contributed by atoms with Crippen molar-refractivity contribution in [3.8, 4) is 0 Å². The molecule has 3 aromatic rings. The maximum atomic E-state index is 12.3. The van der Waals surface area contributed by atoms with Crippen LogP contribution in [-0.2, 0) is 23.1 Å². The highest BCUT2D eigenvalue weighted by molar-refractivity contribution is 7.89. The van der Waals surface area contributed by atoms with Crippen molar-refractivity contribution in [3.63, 3.8) is 0 Å². The van der Waals surface area contributed by atoms with E-state index in [-0.39, 0.29) is 17.3 Å². The summed E-state index contributed by atoms with van der Waals surface area (Å²) in [5.41, 5.74) is 1.30. The molecular weight excluding hydrogens is 354 g/mol. The molecule has 2 aromatic heterocycles. The minimum atomic E-state index is -3.68. The van der Waals surface area contributed by atoms with Gasteiger partial charge in [-0.3, -0.25) is 9.78 Å². The Kier molecular flexibility index (Phi) is 5.45. The number of amides is 1. The lowest BCUT2D eigenvalue weighted by atomic mass is 10.2. The van der Waals surface area contributed by atoms with Crippen LogP contribution >= 0.6 is 0 Å². The smallest absolute Gasteiger partial charge is 0.251 e. The van der Waals surface area contributed by atoms with Crippen LogP contribution in [0.15, 0.2) is 76.5 Å². The summed E-state index contributed by atoms with van der Waals surface area (Å²) < 4.78 is 32.1. The maximum absolute atomic E-state index is 12.3. The minimum absolute atomic E-state index is 0.0590. The zero-order chi connectivity index (χ0) is 18.4. The average Bonchev–Trinajstić information content (AvgIpc) is 3.19. The SMILES string of the molecule is O=C(NCc1ccncc1)c1ccc(S(=O)(=O)NCc2ccco2)cc1. The molecule has 0 bridgehead atoms. The molecule has 8 heteroatoms. The third kappa shape index (κ3) is 4.56. The lowest BCUT2D eigenvalue weighted by molar-refractivity contribution is 0.0951. The fourth-order valence-corrected chi connectivity index (χ4v) is 3.23. The van der Waals surface area contributed by atoms with Gasteiger partial charge in [0, 0.05) is 24.5 Å². The molecule has 0 radical (unpaired) electrons. The van der Waals surface area contributed by atoms with E-state index in [2.05, 4.69) is 15.0 Å². The number of carbonyl (C=O) groups excluding carboxylic acids is 1. The summed E-state index contributed by atoms with van der Waals surface area (Å²) in [6.45, 7) is 0.426. The standard InChI is InChI=1S/C18H17N3O4S/c22-18(20-12-14-7-9-19-10-8-14)15-3-5-17(6-4-15)26(23,24)21-13-16-2-1-11-25-16/h1-11,21H,12-13H2,(H,20,22). The number of benzene rings is 1. The molecule has 7 nitrogen and oxygen atoms in total. The van der Waals surface area contributed by atoms with Gasteiger partial charge in [0.15, 0.2) is 0 Å². The first-order valence-corrected chi connectivity index (χ1v) is 9.32. The number of nitrogens with one attached hydrogen (secondary N) is 2. The highest BCUT2D eigenvalue weighted by atomic mass is 32.2. The second kappa shape index (κ2) is 7.94. The van der Waals surface area contributed by atoms with Gasteiger partial charge in [-0.05, 0) is 54.1 Å². The lowest BCUT2D eigenvalue weighted by Crippen LogP contribution is -2.24. The normalized spacial score (nSPS) is 11.2. The second-order valence-electron chi connectivity index (χ2n) is 5.47. The van der Waals surface area contributed by atoms with Crippen molar-refractivity contribution in [2.45, 2.75) is 18.0 Å². The molecule has 0 aliphatic heterocycles. The van der Waals surface area contributed by atoms with Gasteiger partial charge in [-0.2, -0.15) is 0 Å². The zero-order valence-corrected chi connectivity index (χ0v) is 14.6. The number of rotatable bonds is 7. The summed E-state index contributed by atoms with van der Waals surface area (Å²) in [6.07, 6.45) is 4.77. The first kappa shape index (κ1) is 17.8. The molecule has 0 saturated carbocycles.